The molecular formula is C13H14N2O2. The lowest BCUT2D eigenvalue weighted by Gasteiger charge is -1.98. The smallest absolute Gasteiger partial charge is 0.303 e. The summed E-state index contributed by atoms with van der Waals surface area (Å²) in [6, 6.07) is 8.09. The van der Waals surface area contributed by atoms with Crippen LogP contribution < -0.4 is 0 Å². The summed E-state index contributed by atoms with van der Waals surface area (Å²) in [4.78, 5) is 17.8. The number of nitrogens with zero attached hydrogens (tertiary/aromatic N) is 1. The number of aliphatic carboxylic acids is 1. The van der Waals surface area contributed by atoms with Crippen LogP contribution in [0.15, 0.2) is 30.5 Å². The van der Waals surface area contributed by atoms with E-state index in [0.717, 1.165) is 11.3 Å². The van der Waals surface area contributed by atoms with E-state index in [1.165, 1.54) is 5.56 Å². The fourth-order valence-corrected chi connectivity index (χ4v) is 1.67. The summed E-state index contributed by atoms with van der Waals surface area (Å²) in [5.41, 5.74) is 3.18. The first-order valence-corrected chi connectivity index (χ1v) is 5.48. The number of aryl methyl sites for hydroxylation is 2. The maximum Gasteiger partial charge on any atom is 0.303 e. The van der Waals surface area contributed by atoms with Crippen molar-refractivity contribution in [3.05, 3.63) is 41.9 Å². The summed E-state index contributed by atoms with van der Waals surface area (Å²) in [6.07, 6.45) is 2.27. The first-order chi connectivity index (χ1) is 8.15. The summed E-state index contributed by atoms with van der Waals surface area (Å²) in [5, 5.41) is 8.59. The van der Waals surface area contributed by atoms with Crippen LogP contribution in [0.1, 0.15) is 17.8 Å². The topological polar surface area (TPSA) is 66.0 Å². The molecule has 0 aliphatic heterocycles. The largest absolute Gasteiger partial charge is 0.481 e. The lowest BCUT2D eigenvalue weighted by Crippen LogP contribution is -1.98. The maximum atomic E-state index is 10.5. The van der Waals surface area contributed by atoms with Gasteiger partial charge in [0.1, 0.15) is 5.82 Å². The molecule has 0 aliphatic rings. The van der Waals surface area contributed by atoms with Gasteiger partial charge in [0, 0.05) is 6.42 Å². The molecule has 1 heterocycles. The molecule has 0 amide bonds. The molecular weight excluding hydrogens is 216 g/mol. The Hall–Kier alpha value is -2.10. The van der Waals surface area contributed by atoms with Crippen LogP contribution in [0.2, 0.25) is 0 Å². The van der Waals surface area contributed by atoms with Crippen LogP contribution in [0.3, 0.4) is 0 Å². The van der Waals surface area contributed by atoms with Gasteiger partial charge in [-0.2, -0.15) is 0 Å². The predicted molar refractivity (Wildman–Crippen MR) is 64.7 cm³/mol. The number of H-pyrrole nitrogens is 1. The summed E-state index contributed by atoms with van der Waals surface area (Å²) >= 11 is 0. The fourth-order valence-electron chi connectivity index (χ4n) is 1.67. The second-order valence-electron chi connectivity index (χ2n) is 4.01. The summed E-state index contributed by atoms with van der Waals surface area (Å²) in [6.45, 7) is 2.03. The van der Waals surface area contributed by atoms with Crippen LogP contribution in [-0.4, -0.2) is 21.0 Å². The van der Waals surface area contributed by atoms with Gasteiger partial charge in [0.15, 0.2) is 0 Å². The molecule has 2 aromatic rings. The number of nitrogens with one attached hydrogen (secondary N) is 1. The van der Waals surface area contributed by atoms with Crippen molar-refractivity contribution in [3.63, 3.8) is 0 Å². The Kier molecular flexibility index (Phi) is 3.23. The molecule has 88 valence electrons. The Labute approximate surface area is 99.3 Å². The lowest BCUT2D eigenvalue weighted by atomic mass is 10.1. The molecule has 0 spiro atoms. The maximum absolute atomic E-state index is 10.5. The Balaban J connectivity index is 2.15. The molecule has 0 atom stereocenters. The predicted octanol–water partition coefficient (Wildman–Crippen LogP) is 2.40. The monoisotopic (exact) mass is 230 g/mol. The number of aromatic nitrogens is 2. The molecule has 4 heteroatoms. The zero-order valence-electron chi connectivity index (χ0n) is 9.60. The summed E-state index contributed by atoms with van der Waals surface area (Å²) in [5.74, 6) is -0.0950. The number of carboxylic acids is 1. The van der Waals surface area contributed by atoms with Gasteiger partial charge in [-0.15, -0.1) is 0 Å². The van der Waals surface area contributed by atoms with Crippen LogP contribution in [0.5, 0.6) is 0 Å². The molecule has 4 nitrogen and oxygen atoms in total. The average molecular weight is 230 g/mol. The number of rotatable bonds is 4. The van der Waals surface area contributed by atoms with Gasteiger partial charge < -0.3 is 10.1 Å². The normalized spacial score (nSPS) is 10.4. The fraction of sp³-hybridized carbons (Fsp3) is 0.231. The summed E-state index contributed by atoms with van der Waals surface area (Å²) < 4.78 is 0. The molecule has 0 saturated heterocycles. The molecule has 1 aromatic heterocycles. The van der Waals surface area contributed by atoms with Gasteiger partial charge in [-0.05, 0) is 18.6 Å². The highest BCUT2D eigenvalue weighted by Crippen LogP contribution is 2.18. The zero-order valence-corrected chi connectivity index (χ0v) is 9.60. The Morgan fingerprint density at radius 2 is 2.29 bits per heavy atom. The van der Waals surface area contributed by atoms with Crippen molar-refractivity contribution in [1.29, 1.82) is 0 Å². The molecule has 0 aliphatic carbocycles. The van der Waals surface area contributed by atoms with E-state index in [1.807, 2.05) is 25.1 Å². The van der Waals surface area contributed by atoms with E-state index in [0.29, 0.717) is 12.2 Å². The number of imidazole rings is 1. The van der Waals surface area contributed by atoms with Crippen molar-refractivity contribution in [3.8, 4) is 11.3 Å². The molecule has 0 bridgehead atoms. The number of benzene rings is 1. The van der Waals surface area contributed by atoms with Crippen molar-refractivity contribution in [2.75, 3.05) is 0 Å². The van der Waals surface area contributed by atoms with Crippen LogP contribution >= 0.6 is 0 Å². The minimum atomic E-state index is -0.807. The van der Waals surface area contributed by atoms with Gasteiger partial charge in [0.25, 0.3) is 0 Å². The number of carboxylic acid groups (broad SMARTS) is 1. The van der Waals surface area contributed by atoms with Gasteiger partial charge in [-0.3, -0.25) is 4.79 Å². The van der Waals surface area contributed by atoms with Gasteiger partial charge in [0.2, 0.25) is 0 Å². The third kappa shape index (κ3) is 2.93. The number of aromatic amines is 1. The van der Waals surface area contributed by atoms with E-state index in [-0.39, 0.29) is 6.42 Å². The third-order valence-corrected chi connectivity index (χ3v) is 2.53. The molecule has 1 aromatic carbocycles. The van der Waals surface area contributed by atoms with Crippen molar-refractivity contribution in [2.24, 2.45) is 0 Å². The molecule has 17 heavy (non-hydrogen) atoms. The van der Waals surface area contributed by atoms with Crippen LogP contribution in [0.25, 0.3) is 11.3 Å². The molecule has 2 N–H and O–H groups in total. The SMILES string of the molecule is Cc1cccc(-c2cnc(CCC(=O)O)[nH]2)c1. The quantitative estimate of drug-likeness (QED) is 0.847. The number of hydrogen-bond acceptors (Lipinski definition) is 2. The van der Waals surface area contributed by atoms with Crippen LogP contribution in [0, 0.1) is 6.92 Å². The lowest BCUT2D eigenvalue weighted by molar-refractivity contribution is -0.137. The highest BCUT2D eigenvalue weighted by Gasteiger charge is 2.05. The van der Waals surface area contributed by atoms with Gasteiger partial charge in [0.05, 0.1) is 18.3 Å². The van der Waals surface area contributed by atoms with E-state index in [2.05, 4.69) is 16.0 Å². The molecule has 0 radical (unpaired) electrons. The first-order valence-electron chi connectivity index (χ1n) is 5.48. The summed E-state index contributed by atoms with van der Waals surface area (Å²) in [7, 11) is 0. The third-order valence-electron chi connectivity index (χ3n) is 2.53. The number of carbonyl (C=O) groups is 1. The molecule has 2 rings (SSSR count). The van der Waals surface area contributed by atoms with Crippen molar-refractivity contribution in [2.45, 2.75) is 19.8 Å². The minimum Gasteiger partial charge on any atom is -0.481 e. The number of hydrogen-bond donors (Lipinski definition) is 2. The average Bonchev–Trinajstić information content (AvgIpc) is 2.75. The van der Waals surface area contributed by atoms with E-state index < -0.39 is 5.97 Å². The first kappa shape index (κ1) is 11.4. The molecule has 0 fully saturated rings. The van der Waals surface area contributed by atoms with Crippen LogP contribution in [0.4, 0.5) is 0 Å². The Bertz CT molecular complexity index is 532. The Morgan fingerprint density at radius 1 is 1.47 bits per heavy atom. The van der Waals surface area contributed by atoms with E-state index >= 15 is 0 Å². The van der Waals surface area contributed by atoms with Crippen LogP contribution in [-0.2, 0) is 11.2 Å². The second-order valence-corrected chi connectivity index (χ2v) is 4.01. The standard InChI is InChI=1S/C13H14N2O2/c1-9-3-2-4-10(7-9)11-8-14-12(15-11)5-6-13(16)17/h2-4,7-8H,5-6H2,1H3,(H,14,15)(H,16,17). The molecule has 0 unspecified atom stereocenters. The van der Waals surface area contributed by atoms with E-state index in [9.17, 15) is 4.79 Å². The van der Waals surface area contributed by atoms with Crippen molar-refractivity contribution >= 4 is 5.97 Å². The van der Waals surface area contributed by atoms with Gasteiger partial charge >= 0.3 is 5.97 Å². The van der Waals surface area contributed by atoms with Crippen molar-refractivity contribution in [1.82, 2.24) is 9.97 Å². The second kappa shape index (κ2) is 4.82. The van der Waals surface area contributed by atoms with Crippen molar-refractivity contribution < 1.29 is 9.90 Å². The highest BCUT2D eigenvalue weighted by molar-refractivity contribution is 5.67. The van der Waals surface area contributed by atoms with Gasteiger partial charge in [-0.25, -0.2) is 4.98 Å². The minimum absolute atomic E-state index is 0.0980. The van der Waals surface area contributed by atoms with Gasteiger partial charge in [-0.1, -0.05) is 23.8 Å². The zero-order chi connectivity index (χ0) is 12.3. The van der Waals surface area contributed by atoms with E-state index in [4.69, 9.17) is 5.11 Å². The Morgan fingerprint density at radius 3 is 3.00 bits per heavy atom. The van der Waals surface area contributed by atoms with E-state index in [1.54, 1.807) is 6.20 Å². The molecule has 0 saturated carbocycles. The highest BCUT2D eigenvalue weighted by atomic mass is 16.4.